The molecule has 0 radical (unpaired) electrons. The Bertz CT molecular complexity index is 600. The Kier molecular flexibility index (Phi) is 3.74. The number of phenols is 1. The van der Waals surface area contributed by atoms with Gasteiger partial charge < -0.3 is 15.5 Å². The van der Waals surface area contributed by atoms with Gasteiger partial charge in [-0.25, -0.2) is 4.98 Å². The number of rotatable bonds is 4. The third kappa shape index (κ3) is 2.56. The second-order valence-corrected chi connectivity index (χ2v) is 5.58. The van der Waals surface area contributed by atoms with E-state index in [0.29, 0.717) is 11.8 Å². The fraction of sp³-hybridized carbons (Fsp3) is 0.438. The Morgan fingerprint density at radius 1 is 1.20 bits per heavy atom. The average molecular weight is 272 g/mol. The molecule has 0 aliphatic heterocycles. The molecule has 1 aromatic heterocycles. The highest BCUT2D eigenvalue weighted by atomic mass is 16.3. The van der Waals surface area contributed by atoms with Gasteiger partial charge in [0.25, 0.3) is 0 Å². The van der Waals surface area contributed by atoms with E-state index < -0.39 is 0 Å². The van der Waals surface area contributed by atoms with Crippen molar-refractivity contribution in [3.63, 3.8) is 0 Å². The molecular weight excluding hydrogens is 252 g/mol. The molecule has 0 saturated heterocycles. The molecule has 2 unspecified atom stereocenters. The molecule has 20 heavy (non-hydrogen) atoms. The first-order valence-corrected chi connectivity index (χ1v) is 7.20. The van der Waals surface area contributed by atoms with Crippen molar-refractivity contribution in [1.82, 2.24) is 4.98 Å². The van der Waals surface area contributed by atoms with E-state index in [4.69, 9.17) is 0 Å². The molecular formula is C16H20N2O2. The van der Waals surface area contributed by atoms with Crippen molar-refractivity contribution < 1.29 is 10.2 Å². The van der Waals surface area contributed by atoms with E-state index in [9.17, 15) is 10.2 Å². The Labute approximate surface area is 118 Å². The number of hydrogen-bond acceptors (Lipinski definition) is 4. The van der Waals surface area contributed by atoms with Gasteiger partial charge in [0.05, 0.1) is 0 Å². The molecule has 1 heterocycles. The predicted octanol–water partition coefficient (Wildman–Crippen LogP) is 2.76. The van der Waals surface area contributed by atoms with Crippen LogP contribution >= 0.6 is 0 Å². The summed E-state index contributed by atoms with van der Waals surface area (Å²) in [5.41, 5.74) is 0. The summed E-state index contributed by atoms with van der Waals surface area (Å²) in [6.45, 7) is 1.10. The molecule has 1 aliphatic rings. The Hall–Kier alpha value is -1.81. The van der Waals surface area contributed by atoms with Crippen molar-refractivity contribution in [2.45, 2.75) is 19.3 Å². The Morgan fingerprint density at radius 3 is 2.90 bits per heavy atom. The van der Waals surface area contributed by atoms with Crippen LogP contribution in [0.4, 0.5) is 5.82 Å². The van der Waals surface area contributed by atoms with Crippen LogP contribution in [0, 0.1) is 11.8 Å². The number of anilines is 1. The maximum atomic E-state index is 9.63. The monoisotopic (exact) mass is 272 g/mol. The Balaban J connectivity index is 1.79. The van der Waals surface area contributed by atoms with Crippen molar-refractivity contribution in [3.8, 4) is 5.75 Å². The molecule has 1 fully saturated rings. The van der Waals surface area contributed by atoms with Gasteiger partial charge in [0.2, 0.25) is 0 Å². The van der Waals surface area contributed by atoms with Gasteiger partial charge in [-0.3, -0.25) is 0 Å². The number of aromatic hydroxyl groups is 1. The van der Waals surface area contributed by atoms with Crippen LogP contribution in [0.5, 0.6) is 5.75 Å². The van der Waals surface area contributed by atoms with Gasteiger partial charge in [-0.05, 0) is 48.3 Å². The molecule has 3 rings (SSSR count). The molecule has 4 heteroatoms. The van der Waals surface area contributed by atoms with Crippen LogP contribution in [0.1, 0.15) is 19.3 Å². The number of aliphatic hydroxyl groups is 1. The lowest BCUT2D eigenvalue weighted by atomic mass is 9.97. The second kappa shape index (κ2) is 5.67. The minimum Gasteiger partial charge on any atom is -0.508 e. The maximum Gasteiger partial charge on any atom is 0.133 e. The van der Waals surface area contributed by atoms with Gasteiger partial charge in [0.1, 0.15) is 11.6 Å². The van der Waals surface area contributed by atoms with E-state index >= 15 is 0 Å². The fourth-order valence-electron chi connectivity index (χ4n) is 3.15. The zero-order valence-electron chi connectivity index (χ0n) is 11.4. The third-order valence-corrected chi connectivity index (χ3v) is 4.33. The van der Waals surface area contributed by atoms with Crippen LogP contribution in [0.25, 0.3) is 10.8 Å². The lowest BCUT2D eigenvalue weighted by Crippen LogP contribution is -2.21. The lowest BCUT2D eigenvalue weighted by Gasteiger charge is -2.18. The summed E-state index contributed by atoms with van der Waals surface area (Å²) >= 11 is 0. The highest BCUT2D eigenvalue weighted by Gasteiger charge is 2.26. The number of aromatic nitrogens is 1. The molecule has 4 nitrogen and oxygen atoms in total. The summed E-state index contributed by atoms with van der Waals surface area (Å²) in [7, 11) is 0. The molecule has 1 aromatic carbocycles. The molecule has 3 N–H and O–H groups in total. The van der Waals surface area contributed by atoms with E-state index in [0.717, 1.165) is 36.0 Å². The average Bonchev–Trinajstić information content (AvgIpc) is 2.92. The predicted molar refractivity (Wildman–Crippen MR) is 79.8 cm³/mol. The van der Waals surface area contributed by atoms with Crippen molar-refractivity contribution in [3.05, 3.63) is 30.5 Å². The van der Waals surface area contributed by atoms with Crippen LogP contribution in [0.2, 0.25) is 0 Å². The highest BCUT2D eigenvalue weighted by molar-refractivity contribution is 5.92. The standard InChI is InChI=1S/C16H20N2O2/c19-10-13-3-1-2-12(13)9-18-16-15-8-14(20)5-4-11(15)6-7-17-16/h4-8,12-13,19-20H,1-3,9-10H2,(H,17,18). The molecule has 106 valence electrons. The third-order valence-electron chi connectivity index (χ3n) is 4.33. The Morgan fingerprint density at radius 2 is 2.05 bits per heavy atom. The minimum atomic E-state index is 0.252. The van der Waals surface area contributed by atoms with E-state index in [1.165, 1.54) is 6.42 Å². The topological polar surface area (TPSA) is 65.4 Å². The van der Waals surface area contributed by atoms with Crippen molar-refractivity contribution in [1.29, 1.82) is 0 Å². The fourth-order valence-corrected chi connectivity index (χ4v) is 3.15. The van der Waals surface area contributed by atoms with Crippen molar-refractivity contribution >= 4 is 16.6 Å². The van der Waals surface area contributed by atoms with E-state index in [1.54, 1.807) is 18.3 Å². The summed E-state index contributed by atoms with van der Waals surface area (Å²) in [6, 6.07) is 7.25. The number of phenolic OH excluding ortho intramolecular Hbond substituents is 1. The lowest BCUT2D eigenvalue weighted by molar-refractivity contribution is 0.199. The van der Waals surface area contributed by atoms with Crippen molar-refractivity contribution in [2.24, 2.45) is 11.8 Å². The number of aliphatic hydroxyl groups excluding tert-OH is 1. The first-order chi connectivity index (χ1) is 9.78. The van der Waals surface area contributed by atoms with Crippen molar-refractivity contribution in [2.75, 3.05) is 18.5 Å². The summed E-state index contributed by atoms with van der Waals surface area (Å²) < 4.78 is 0. The minimum absolute atomic E-state index is 0.252. The normalized spacial score (nSPS) is 22.2. The van der Waals surface area contributed by atoms with E-state index in [-0.39, 0.29) is 12.4 Å². The molecule has 0 bridgehead atoms. The number of fused-ring (bicyclic) bond motifs is 1. The molecule has 2 atom stereocenters. The van der Waals surface area contributed by atoms with Gasteiger partial charge in [-0.1, -0.05) is 12.5 Å². The first-order valence-electron chi connectivity index (χ1n) is 7.20. The SMILES string of the molecule is OCC1CCCC1CNc1nccc2ccc(O)cc12. The van der Waals surface area contributed by atoms with Gasteiger partial charge in [0.15, 0.2) is 0 Å². The van der Waals surface area contributed by atoms with Crippen LogP contribution in [-0.4, -0.2) is 28.3 Å². The summed E-state index contributed by atoms with van der Waals surface area (Å²) in [4.78, 5) is 4.38. The van der Waals surface area contributed by atoms with E-state index in [2.05, 4.69) is 10.3 Å². The molecule has 1 aliphatic carbocycles. The van der Waals surface area contributed by atoms with Crippen LogP contribution in [0.15, 0.2) is 30.5 Å². The van der Waals surface area contributed by atoms with Gasteiger partial charge in [-0.2, -0.15) is 0 Å². The number of nitrogens with one attached hydrogen (secondary N) is 1. The zero-order valence-corrected chi connectivity index (χ0v) is 11.4. The van der Waals surface area contributed by atoms with Crippen LogP contribution < -0.4 is 5.32 Å². The molecule has 0 spiro atoms. The number of benzene rings is 1. The largest absolute Gasteiger partial charge is 0.508 e. The molecule has 0 amide bonds. The summed E-state index contributed by atoms with van der Waals surface area (Å²) in [5.74, 6) is 1.98. The maximum absolute atomic E-state index is 9.63. The molecule has 1 saturated carbocycles. The summed E-state index contributed by atoms with van der Waals surface area (Å²) in [5, 5.41) is 24.4. The quantitative estimate of drug-likeness (QED) is 0.800. The number of hydrogen-bond donors (Lipinski definition) is 3. The van der Waals surface area contributed by atoms with Gasteiger partial charge in [-0.15, -0.1) is 0 Å². The van der Waals surface area contributed by atoms with Crippen LogP contribution in [-0.2, 0) is 0 Å². The first kappa shape index (κ1) is 13.2. The summed E-state index contributed by atoms with van der Waals surface area (Å²) in [6.07, 6.45) is 5.25. The van der Waals surface area contributed by atoms with Gasteiger partial charge >= 0.3 is 0 Å². The second-order valence-electron chi connectivity index (χ2n) is 5.58. The molecule has 2 aromatic rings. The zero-order chi connectivity index (χ0) is 13.9. The number of pyridine rings is 1. The number of nitrogens with zero attached hydrogens (tertiary/aromatic N) is 1. The van der Waals surface area contributed by atoms with Gasteiger partial charge in [0, 0.05) is 24.7 Å². The smallest absolute Gasteiger partial charge is 0.133 e. The van der Waals surface area contributed by atoms with Crippen LogP contribution in [0.3, 0.4) is 0 Å². The van der Waals surface area contributed by atoms with E-state index in [1.807, 2.05) is 12.1 Å². The highest BCUT2D eigenvalue weighted by Crippen LogP contribution is 2.32.